The lowest BCUT2D eigenvalue weighted by molar-refractivity contribution is 0.0953. The second kappa shape index (κ2) is 7.55. The van der Waals surface area contributed by atoms with Gasteiger partial charge in [-0.15, -0.1) is 0 Å². The standard InChI is InChI=1S/C11H14N8O/c1-7(14)10(18-6-13)19-9-5-16-8(4-17-9)11(20)15-3-2-12/h4-7H,3,14H2,1H3,(H,15,20)(H2,13,17,18,19). The first-order valence-electron chi connectivity index (χ1n) is 5.64. The van der Waals surface area contributed by atoms with Gasteiger partial charge in [0.15, 0.2) is 5.82 Å². The minimum absolute atomic E-state index is 0.0869. The minimum Gasteiger partial charge on any atom is -0.390 e. The largest absolute Gasteiger partial charge is 0.390 e. The van der Waals surface area contributed by atoms with Gasteiger partial charge in [-0.2, -0.15) is 5.26 Å². The maximum Gasteiger partial charge on any atom is 0.272 e. The maximum atomic E-state index is 11.5. The first-order valence-corrected chi connectivity index (χ1v) is 5.64. The van der Waals surface area contributed by atoms with E-state index in [1.54, 1.807) is 13.0 Å². The summed E-state index contributed by atoms with van der Waals surface area (Å²) in [6, 6.07) is 1.37. The van der Waals surface area contributed by atoms with E-state index in [2.05, 4.69) is 25.3 Å². The predicted molar refractivity (Wildman–Crippen MR) is 73.4 cm³/mol. The van der Waals surface area contributed by atoms with Crippen molar-refractivity contribution in [2.75, 3.05) is 6.54 Å². The Kier molecular flexibility index (Phi) is 5.74. The molecule has 0 spiro atoms. The Balaban J connectivity index is 2.88. The predicted octanol–water partition coefficient (Wildman–Crippen LogP) is -0.906. The lowest BCUT2D eigenvalue weighted by atomic mass is 10.3. The lowest BCUT2D eigenvalue weighted by Crippen LogP contribution is -2.26. The third-order valence-corrected chi connectivity index (χ3v) is 2.04. The molecule has 0 aliphatic heterocycles. The number of amides is 1. The van der Waals surface area contributed by atoms with Crippen molar-refractivity contribution in [3.05, 3.63) is 18.1 Å². The number of rotatable bonds is 4. The van der Waals surface area contributed by atoms with Crippen molar-refractivity contribution in [1.82, 2.24) is 15.3 Å². The molecule has 104 valence electrons. The summed E-state index contributed by atoms with van der Waals surface area (Å²) in [6.45, 7) is 1.60. The van der Waals surface area contributed by atoms with E-state index in [0.29, 0.717) is 5.84 Å². The van der Waals surface area contributed by atoms with Crippen molar-refractivity contribution < 1.29 is 4.79 Å². The normalized spacial score (nSPS) is 12.9. The van der Waals surface area contributed by atoms with Gasteiger partial charge in [0.2, 0.25) is 0 Å². The topological polar surface area (TPSA) is 155 Å². The van der Waals surface area contributed by atoms with Crippen LogP contribution in [0.2, 0.25) is 0 Å². The molecule has 1 unspecified atom stereocenters. The summed E-state index contributed by atoms with van der Waals surface area (Å²) >= 11 is 0. The van der Waals surface area contributed by atoms with E-state index in [4.69, 9.17) is 16.7 Å². The number of nitrogens with one attached hydrogen (secondary N) is 1. The van der Waals surface area contributed by atoms with E-state index in [0.717, 1.165) is 6.34 Å². The van der Waals surface area contributed by atoms with Gasteiger partial charge >= 0.3 is 0 Å². The van der Waals surface area contributed by atoms with Crippen LogP contribution in [0.4, 0.5) is 5.82 Å². The van der Waals surface area contributed by atoms with Gasteiger partial charge in [-0.25, -0.2) is 20.0 Å². The quantitative estimate of drug-likeness (QED) is 0.367. The molecule has 1 atom stereocenters. The first-order chi connectivity index (χ1) is 9.58. The van der Waals surface area contributed by atoms with E-state index < -0.39 is 11.9 Å². The highest BCUT2D eigenvalue weighted by atomic mass is 16.1. The van der Waals surface area contributed by atoms with Crippen molar-refractivity contribution >= 4 is 23.9 Å². The van der Waals surface area contributed by atoms with Crippen LogP contribution >= 0.6 is 0 Å². The van der Waals surface area contributed by atoms with E-state index in [9.17, 15) is 4.79 Å². The highest BCUT2D eigenvalue weighted by molar-refractivity contribution is 5.94. The summed E-state index contributed by atoms with van der Waals surface area (Å²) in [5, 5.41) is 10.7. The summed E-state index contributed by atoms with van der Waals surface area (Å²) in [4.78, 5) is 27.2. The Labute approximate surface area is 115 Å². The van der Waals surface area contributed by atoms with E-state index in [1.165, 1.54) is 12.4 Å². The number of hydrogen-bond acceptors (Lipinski definition) is 6. The van der Waals surface area contributed by atoms with Crippen molar-refractivity contribution in [2.45, 2.75) is 13.0 Å². The molecular formula is C11H14N8O. The molecule has 0 aliphatic rings. The fraction of sp³-hybridized carbons (Fsp3) is 0.273. The minimum atomic E-state index is -0.484. The average Bonchev–Trinajstić information content (AvgIpc) is 2.45. The Morgan fingerprint density at radius 1 is 1.60 bits per heavy atom. The zero-order valence-electron chi connectivity index (χ0n) is 10.8. The maximum absolute atomic E-state index is 11.5. The van der Waals surface area contributed by atoms with Crippen molar-refractivity contribution in [2.24, 2.45) is 21.5 Å². The molecule has 0 aliphatic carbocycles. The Morgan fingerprint density at radius 3 is 2.85 bits per heavy atom. The molecule has 5 N–H and O–H groups in total. The number of nitrogens with zero attached hydrogens (tertiary/aromatic N) is 5. The number of carbonyl (C=O) groups is 1. The smallest absolute Gasteiger partial charge is 0.272 e. The molecule has 0 saturated carbocycles. The molecular weight excluding hydrogens is 260 g/mol. The van der Waals surface area contributed by atoms with Crippen LogP contribution in [0, 0.1) is 11.3 Å². The monoisotopic (exact) mass is 274 g/mol. The second-order valence-corrected chi connectivity index (χ2v) is 3.64. The third-order valence-electron chi connectivity index (χ3n) is 2.04. The Morgan fingerprint density at radius 2 is 2.35 bits per heavy atom. The SMILES string of the molecule is CC(N)C(N=CN)=Nc1cnc(C(=O)NCC#N)cn1. The highest BCUT2D eigenvalue weighted by Gasteiger charge is 2.08. The molecule has 1 heterocycles. The van der Waals surface area contributed by atoms with Crippen LogP contribution in [0.3, 0.4) is 0 Å². The third kappa shape index (κ3) is 4.43. The number of carbonyl (C=O) groups excluding carboxylic acids is 1. The van der Waals surface area contributed by atoms with Crippen LogP contribution in [0.1, 0.15) is 17.4 Å². The molecule has 20 heavy (non-hydrogen) atoms. The number of nitrogens with two attached hydrogens (primary N) is 2. The van der Waals surface area contributed by atoms with Crippen molar-refractivity contribution in [1.29, 1.82) is 5.26 Å². The number of amidine groups is 1. The van der Waals surface area contributed by atoms with E-state index in [-0.39, 0.29) is 18.1 Å². The van der Waals surface area contributed by atoms with E-state index >= 15 is 0 Å². The molecule has 1 aromatic heterocycles. The van der Waals surface area contributed by atoms with Gasteiger partial charge in [-0.3, -0.25) is 4.79 Å². The highest BCUT2D eigenvalue weighted by Crippen LogP contribution is 2.07. The van der Waals surface area contributed by atoms with Gasteiger partial charge in [0, 0.05) is 0 Å². The summed E-state index contributed by atoms with van der Waals surface area (Å²) in [6.07, 6.45) is 3.63. The second-order valence-electron chi connectivity index (χ2n) is 3.64. The fourth-order valence-electron chi connectivity index (χ4n) is 1.15. The van der Waals surface area contributed by atoms with Crippen LogP contribution in [-0.2, 0) is 0 Å². The molecule has 1 rings (SSSR count). The average molecular weight is 274 g/mol. The summed E-state index contributed by atoms with van der Waals surface area (Å²) in [5.74, 6) is 0.0604. The molecule has 0 bridgehead atoms. The Hall–Kier alpha value is -2.86. The zero-order chi connectivity index (χ0) is 15.0. The molecule has 0 fully saturated rings. The molecule has 0 saturated heterocycles. The fourth-order valence-corrected chi connectivity index (χ4v) is 1.15. The van der Waals surface area contributed by atoms with Gasteiger partial charge in [-0.1, -0.05) is 0 Å². The zero-order valence-corrected chi connectivity index (χ0v) is 10.8. The van der Waals surface area contributed by atoms with Crippen LogP contribution in [0.5, 0.6) is 0 Å². The molecule has 1 amide bonds. The molecule has 0 radical (unpaired) electrons. The number of hydrogen-bond donors (Lipinski definition) is 3. The summed E-state index contributed by atoms with van der Waals surface area (Å²) in [5.41, 5.74) is 10.9. The molecule has 1 aromatic rings. The molecule has 0 aromatic carbocycles. The van der Waals surface area contributed by atoms with Crippen LogP contribution < -0.4 is 16.8 Å². The van der Waals surface area contributed by atoms with Gasteiger partial charge in [0.05, 0.1) is 30.8 Å². The number of aliphatic imine (C=N–C) groups is 2. The van der Waals surface area contributed by atoms with Gasteiger partial charge < -0.3 is 16.8 Å². The first kappa shape index (κ1) is 15.2. The van der Waals surface area contributed by atoms with Crippen molar-refractivity contribution in [3.63, 3.8) is 0 Å². The molecule has 9 heteroatoms. The van der Waals surface area contributed by atoms with Crippen molar-refractivity contribution in [3.8, 4) is 6.07 Å². The van der Waals surface area contributed by atoms with Crippen LogP contribution in [0.25, 0.3) is 0 Å². The number of aromatic nitrogens is 2. The molecule has 9 nitrogen and oxygen atoms in total. The van der Waals surface area contributed by atoms with Gasteiger partial charge in [0.1, 0.15) is 18.1 Å². The van der Waals surface area contributed by atoms with E-state index in [1.807, 2.05) is 0 Å². The summed E-state index contributed by atoms with van der Waals surface area (Å²) in [7, 11) is 0. The lowest BCUT2D eigenvalue weighted by Gasteiger charge is -2.04. The van der Waals surface area contributed by atoms with Crippen LogP contribution in [-0.4, -0.2) is 40.6 Å². The Bertz CT molecular complexity index is 555. The van der Waals surface area contributed by atoms with Crippen LogP contribution in [0.15, 0.2) is 22.4 Å². The number of nitriles is 1. The summed E-state index contributed by atoms with van der Waals surface area (Å²) < 4.78 is 0. The van der Waals surface area contributed by atoms with Gasteiger partial charge in [0.25, 0.3) is 5.91 Å². The van der Waals surface area contributed by atoms with Gasteiger partial charge in [-0.05, 0) is 6.92 Å².